The smallest absolute Gasteiger partial charge is 0.255 e. The molecule has 2 aromatic carbocycles. The van der Waals surface area contributed by atoms with Crippen molar-refractivity contribution < 1.29 is 13.2 Å². The molecule has 1 aromatic heterocycles. The van der Waals surface area contributed by atoms with Gasteiger partial charge >= 0.3 is 0 Å². The summed E-state index contributed by atoms with van der Waals surface area (Å²) in [5.74, 6) is -0.248. The Labute approximate surface area is 164 Å². The standard InChI is InChI=1S/C21H21N3O3S/c25-21(18-8-7-17-4-3-11-22-20(17)14-18)23-19-9-5-16(6-10-19)15-28(26,27)24-12-1-2-13-24/h3-11,14H,1-2,12-13,15H2,(H,23,25). The minimum absolute atomic E-state index is 0.0163. The number of benzene rings is 2. The highest BCUT2D eigenvalue weighted by atomic mass is 32.2. The molecule has 0 bridgehead atoms. The molecule has 28 heavy (non-hydrogen) atoms. The van der Waals surface area contributed by atoms with Crippen LogP contribution in [-0.4, -0.2) is 36.7 Å². The zero-order valence-corrected chi connectivity index (χ0v) is 16.2. The van der Waals surface area contributed by atoms with Gasteiger partial charge in [0, 0.05) is 35.9 Å². The second-order valence-electron chi connectivity index (χ2n) is 6.92. The van der Waals surface area contributed by atoms with Gasteiger partial charge in [0.2, 0.25) is 10.0 Å². The van der Waals surface area contributed by atoms with Crippen molar-refractivity contribution in [2.24, 2.45) is 0 Å². The lowest BCUT2D eigenvalue weighted by atomic mass is 10.1. The maximum atomic E-state index is 12.5. The molecule has 2 heterocycles. The molecule has 0 atom stereocenters. The molecule has 0 aliphatic carbocycles. The molecule has 1 saturated heterocycles. The van der Waals surface area contributed by atoms with Gasteiger partial charge in [0.1, 0.15) is 0 Å². The zero-order chi connectivity index (χ0) is 19.6. The average Bonchev–Trinajstić information content (AvgIpc) is 3.25. The Morgan fingerprint density at radius 3 is 2.54 bits per heavy atom. The van der Waals surface area contributed by atoms with E-state index in [9.17, 15) is 13.2 Å². The Morgan fingerprint density at radius 2 is 1.79 bits per heavy atom. The normalized spacial score (nSPS) is 15.0. The third-order valence-electron chi connectivity index (χ3n) is 4.89. The first kappa shape index (κ1) is 18.6. The number of rotatable bonds is 5. The van der Waals surface area contributed by atoms with E-state index in [1.54, 1.807) is 46.9 Å². The molecule has 1 N–H and O–H groups in total. The number of amides is 1. The highest BCUT2D eigenvalue weighted by Crippen LogP contribution is 2.19. The third-order valence-corrected chi connectivity index (χ3v) is 6.74. The fourth-order valence-electron chi connectivity index (χ4n) is 3.36. The first-order chi connectivity index (χ1) is 13.5. The van der Waals surface area contributed by atoms with Crippen LogP contribution in [0.3, 0.4) is 0 Å². The fraction of sp³-hybridized carbons (Fsp3) is 0.238. The molecular formula is C21H21N3O3S. The van der Waals surface area contributed by atoms with Gasteiger partial charge in [0.05, 0.1) is 11.3 Å². The van der Waals surface area contributed by atoms with Gasteiger partial charge in [0.25, 0.3) is 5.91 Å². The van der Waals surface area contributed by atoms with Crippen LogP contribution < -0.4 is 5.32 Å². The molecule has 1 fully saturated rings. The maximum Gasteiger partial charge on any atom is 0.255 e. The van der Waals surface area contributed by atoms with Crippen LogP contribution in [0.4, 0.5) is 5.69 Å². The van der Waals surface area contributed by atoms with Crippen molar-refractivity contribution >= 4 is 32.5 Å². The van der Waals surface area contributed by atoms with Crippen LogP contribution in [0.2, 0.25) is 0 Å². The number of carbonyl (C=O) groups excluding carboxylic acids is 1. The van der Waals surface area contributed by atoms with Crippen LogP contribution >= 0.6 is 0 Å². The number of carbonyl (C=O) groups is 1. The molecule has 6 nitrogen and oxygen atoms in total. The van der Waals surface area contributed by atoms with Crippen LogP contribution in [0.25, 0.3) is 10.9 Å². The Kier molecular flexibility index (Phi) is 5.11. The van der Waals surface area contributed by atoms with E-state index < -0.39 is 10.0 Å². The van der Waals surface area contributed by atoms with Crippen LogP contribution in [0.1, 0.15) is 28.8 Å². The van der Waals surface area contributed by atoms with E-state index in [4.69, 9.17) is 0 Å². The summed E-state index contributed by atoms with van der Waals surface area (Å²) < 4.78 is 26.4. The number of aromatic nitrogens is 1. The lowest BCUT2D eigenvalue weighted by molar-refractivity contribution is 0.102. The number of anilines is 1. The lowest BCUT2D eigenvalue weighted by Crippen LogP contribution is -2.29. The first-order valence-corrected chi connectivity index (χ1v) is 10.9. The monoisotopic (exact) mass is 395 g/mol. The van der Waals surface area contributed by atoms with Crippen LogP contribution in [0.5, 0.6) is 0 Å². The molecule has 0 radical (unpaired) electrons. The molecule has 0 unspecified atom stereocenters. The second kappa shape index (κ2) is 7.69. The largest absolute Gasteiger partial charge is 0.322 e. The van der Waals surface area contributed by atoms with Crippen molar-refractivity contribution in [2.75, 3.05) is 18.4 Å². The van der Waals surface area contributed by atoms with E-state index in [2.05, 4.69) is 10.3 Å². The van der Waals surface area contributed by atoms with E-state index in [1.807, 2.05) is 18.2 Å². The SMILES string of the molecule is O=C(Nc1ccc(CS(=O)(=O)N2CCCC2)cc1)c1ccc2cccnc2c1. The summed E-state index contributed by atoms with van der Waals surface area (Å²) in [6.45, 7) is 1.22. The Balaban J connectivity index is 1.44. The molecule has 1 aliphatic heterocycles. The van der Waals surface area contributed by atoms with Gasteiger partial charge in [0.15, 0.2) is 0 Å². The average molecular weight is 395 g/mol. The Morgan fingerprint density at radius 1 is 1.04 bits per heavy atom. The van der Waals surface area contributed by atoms with E-state index >= 15 is 0 Å². The Bertz CT molecular complexity index is 1110. The van der Waals surface area contributed by atoms with Crippen molar-refractivity contribution in [3.8, 4) is 0 Å². The van der Waals surface area contributed by atoms with Crippen LogP contribution in [-0.2, 0) is 15.8 Å². The van der Waals surface area contributed by atoms with Gasteiger partial charge in [-0.3, -0.25) is 9.78 Å². The molecule has 0 spiro atoms. The quantitative estimate of drug-likeness (QED) is 0.718. The van der Waals surface area contributed by atoms with Crippen molar-refractivity contribution in [3.63, 3.8) is 0 Å². The van der Waals surface area contributed by atoms with Crippen molar-refractivity contribution in [1.82, 2.24) is 9.29 Å². The number of fused-ring (bicyclic) bond motifs is 1. The van der Waals surface area contributed by atoms with E-state index in [-0.39, 0.29) is 11.7 Å². The molecule has 4 rings (SSSR count). The number of nitrogens with zero attached hydrogens (tertiary/aromatic N) is 2. The highest BCUT2D eigenvalue weighted by Gasteiger charge is 2.25. The summed E-state index contributed by atoms with van der Waals surface area (Å²) in [5.41, 5.74) is 2.61. The summed E-state index contributed by atoms with van der Waals surface area (Å²) in [6.07, 6.45) is 3.54. The van der Waals surface area contributed by atoms with Crippen molar-refractivity contribution in [1.29, 1.82) is 0 Å². The number of sulfonamides is 1. The van der Waals surface area contributed by atoms with Gasteiger partial charge < -0.3 is 5.32 Å². The van der Waals surface area contributed by atoms with E-state index in [1.165, 1.54) is 0 Å². The van der Waals surface area contributed by atoms with Crippen molar-refractivity contribution in [2.45, 2.75) is 18.6 Å². The molecule has 7 heteroatoms. The minimum Gasteiger partial charge on any atom is -0.322 e. The topological polar surface area (TPSA) is 79.4 Å². The van der Waals surface area contributed by atoms with Gasteiger partial charge in [-0.2, -0.15) is 0 Å². The molecule has 1 aliphatic rings. The zero-order valence-electron chi connectivity index (χ0n) is 15.3. The molecule has 1 amide bonds. The predicted molar refractivity (Wildman–Crippen MR) is 110 cm³/mol. The number of hydrogen-bond donors (Lipinski definition) is 1. The molecule has 3 aromatic rings. The number of pyridine rings is 1. The number of hydrogen-bond acceptors (Lipinski definition) is 4. The summed E-state index contributed by atoms with van der Waals surface area (Å²) in [5, 5.41) is 3.82. The van der Waals surface area contributed by atoms with Gasteiger partial charge in [-0.05, 0) is 48.7 Å². The maximum absolute atomic E-state index is 12.5. The van der Waals surface area contributed by atoms with Gasteiger partial charge in [-0.1, -0.05) is 24.3 Å². The fourth-order valence-corrected chi connectivity index (χ4v) is 4.97. The van der Waals surface area contributed by atoms with Crippen LogP contribution in [0.15, 0.2) is 60.8 Å². The molecule has 0 saturated carbocycles. The summed E-state index contributed by atoms with van der Waals surface area (Å²) in [7, 11) is -3.27. The van der Waals surface area contributed by atoms with E-state index in [0.717, 1.165) is 23.7 Å². The highest BCUT2D eigenvalue weighted by molar-refractivity contribution is 7.88. The second-order valence-corrected chi connectivity index (χ2v) is 8.89. The third kappa shape index (κ3) is 4.05. The summed E-state index contributed by atoms with van der Waals surface area (Å²) in [4.78, 5) is 16.8. The lowest BCUT2D eigenvalue weighted by Gasteiger charge is -2.15. The van der Waals surface area contributed by atoms with Gasteiger partial charge in [-0.25, -0.2) is 12.7 Å². The summed E-state index contributed by atoms with van der Waals surface area (Å²) >= 11 is 0. The summed E-state index contributed by atoms with van der Waals surface area (Å²) in [6, 6.07) is 16.1. The molecular weight excluding hydrogens is 374 g/mol. The predicted octanol–water partition coefficient (Wildman–Crippen LogP) is 3.41. The molecule has 144 valence electrons. The minimum atomic E-state index is -3.27. The first-order valence-electron chi connectivity index (χ1n) is 9.24. The van der Waals surface area contributed by atoms with Crippen molar-refractivity contribution in [3.05, 3.63) is 71.9 Å². The van der Waals surface area contributed by atoms with Gasteiger partial charge in [-0.15, -0.1) is 0 Å². The number of nitrogens with one attached hydrogen (secondary N) is 1. The van der Waals surface area contributed by atoms with Crippen LogP contribution in [0, 0.1) is 0 Å². The Hall–Kier alpha value is -2.77. The van der Waals surface area contributed by atoms with E-state index in [0.29, 0.717) is 29.9 Å².